The van der Waals surface area contributed by atoms with Gasteiger partial charge in [-0.2, -0.15) is 5.10 Å². The van der Waals surface area contributed by atoms with E-state index in [1.807, 2.05) is 43.0 Å². The molecule has 0 amide bonds. The van der Waals surface area contributed by atoms with Crippen LogP contribution in [0.2, 0.25) is 0 Å². The van der Waals surface area contributed by atoms with Gasteiger partial charge in [0.05, 0.1) is 5.69 Å². The molecular weight excluding hydrogens is 342 g/mol. The average Bonchev–Trinajstić information content (AvgIpc) is 3.11. The molecule has 5 nitrogen and oxygen atoms in total. The molecule has 1 aliphatic rings. The third-order valence-corrected chi connectivity index (χ3v) is 5.75. The first-order chi connectivity index (χ1) is 12.8. The Bertz CT molecular complexity index is 856. The molecule has 1 aromatic carbocycles. The Morgan fingerprint density at radius 2 is 1.85 bits per heavy atom. The van der Waals surface area contributed by atoms with Crippen LogP contribution in [-0.2, 0) is 0 Å². The first kappa shape index (κ1) is 17.1. The quantitative estimate of drug-likeness (QED) is 0.627. The van der Waals surface area contributed by atoms with Crippen LogP contribution < -0.4 is 10.6 Å². The highest BCUT2D eigenvalue weighted by Gasteiger charge is 2.15. The highest BCUT2D eigenvalue weighted by Crippen LogP contribution is 2.31. The van der Waals surface area contributed by atoms with Gasteiger partial charge in [-0.3, -0.25) is 5.10 Å². The second-order valence-corrected chi connectivity index (χ2v) is 7.93. The van der Waals surface area contributed by atoms with Crippen LogP contribution in [0.4, 0.5) is 11.6 Å². The largest absolute Gasteiger partial charge is 0.323 e. The maximum Gasteiger partial charge on any atom is 0.153 e. The second-order valence-electron chi connectivity index (χ2n) is 6.55. The van der Waals surface area contributed by atoms with Crippen LogP contribution in [0.5, 0.6) is 0 Å². The van der Waals surface area contributed by atoms with Crippen molar-refractivity contribution >= 4 is 23.4 Å². The predicted octanol–water partition coefficient (Wildman–Crippen LogP) is 4.37. The van der Waals surface area contributed by atoms with Crippen molar-refractivity contribution in [2.24, 2.45) is 0 Å². The number of pyridine rings is 1. The van der Waals surface area contributed by atoms with Gasteiger partial charge in [-0.15, -0.1) is 11.8 Å². The minimum absolute atomic E-state index is 0.681. The molecule has 26 heavy (non-hydrogen) atoms. The van der Waals surface area contributed by atoms with Gasteiger partial charge in [0.15, 0.2) is 5.82 Å². The molecule has 0 aliphatic carbocycles. The van der Waals surface area contributed by atoms with E-state index in [1.54, 1.807) is 0 Å². The predicted molar refractivity (Wildman–Crippen MR) is 108 cm³/mol. The number of rotatable bonds is 5. The van der Waals surface area contributed by atoms with E-state index in [4.69, 9.17) is 0 Å². The molecule has 4 rings (SSSR count). The molecule has 3 N–H and O–H groups in total. The Hall–Kier alpha value is -2.31. The zero-order valence-electron chi connectivity index (χ0n) is 14.8. The van der Waals surface area contributed by atoms with Gasteiger partial charge in [0.2, 0.25) is 0 Å². The number of nitrogens with one attached hydrogen (secondary N) is 3. The van der Waals surface area contributed by atoms with Gasteiger partial charge in [-0.05, 0) is 50.6 Å². The fraction of sp³-hybridized carbons (Fsp3) is 0.300. The molecule has 1 saturated heterocycles. The number of nitrogens with zero attached hydrogens (tertiary/aromatic N) is 2. The fourth-order valence-electron chi connectivity index (χ4n) is 3.16. The van der Waals surface area contributed by atoms with Crippen LogP contribution >= 0.6 is 11.8 Å². The van der Waals surface area contributed by atoms with E-state index in [0.29, 0.717) is 5.25 Å². The van der Waals surface area contributed by atoms with Crippen LogP contribution in [-0.4, -0.2) is 33.5 Å². The van der Waals surface area contributed by atoms with E-state index in [0.717, 1.165) is 41.7 Å². The van der Waals surface area contributed by atoms with Crippen molar-refractivity contribution in [3.8, 4) is 11.3 Å². The first-order valence-corrected chi connectivity index (χ1v) is 9.88. The number of piperidine rings is 1. The van der Waals surface area contributed by atoms with Crippen LogP contribution in [0.1, 0.15) is 18.5 Å². The number of thioether (sulfide) groups is 1. The van der Waals surface area contributed by atoms with Crippen molar-refractivity contribution in [2.75, 3.05) is 18.4 Å². The Kier molecular flexibility index (Phi) is 5.22. The lowest BCUT2D eigenvalue weighted by molar-refractivity contribution is 0.531. The summed E-state index contributed by atoms with van der Waals surface area (Å²) >= 11 is 1.96. The van der Waals surface area contributed by atoms with Crippen LogP contribution in [0.15, 0.2) is 53.4 Å². The molecule has 0 saturated carbocycles. The highest BCUT2D eigenvalue weighted by molar-refractivity contribution is 8.00. The summed E-state index contributed by atoms with van der Waals surface area (Å²) in [6.45, 7) is 4.27. The van der Waals surface area contributed by atoms with Gasteiger partial charge in [-0.25, -0.2) is 4.98 Å². The van der Waals surface area contributed by atoms with Crippen LogP contribution in [0, 0.1) is 6.92 Å². The summed E-state index contributed by atoms with van der Waals surface area (Å²) in [5, 5.41) is 14.9. The number of anilines is 2. The number of hydrogen-bond donors (Lipinski definition) is 3. The van der Waals surface area contributed by atoms with Crippen LogP contribution in [0.25, 0.3) is 11.3 Å². The van der Waals surface area contributed by atoms with E-state index in [2.05, 4.69) is 50.1 Å². The number of hydrogen-bond acceptors (Lipinski definition) is 5. The minimum atomic E-state index is 0.681. The van der Waals surface area contributed by atoms with E-state index >= 15 is 0 Å². The second kappa shape index (κ2) is 7.93. The van der Waals surface area contributed by atoms with E-state index in [-0.39, 0.29) is 0 Å². The Morgan fingerprint density at radius 1 is 1.04 bits per heavy atom. The monoisotopic (exact) mass is 365 g/mol. The van der Waals surface area contributed by atoms with Gasteiger partial charge >= 0.3 is 0 Å². The molecule has 0 radical (unpaired) electrons. The summed E-state index contributed by atoms with van der Waals surface area (Å²) in [7, 11) is 0. The van der Waals surface area contributed by atoms with Gasteiger partial charge < -0.3 is 10.6 Å². The van der Waals surface area contributed by atoms with E-state index in [1.165, 1.54) is 17.7 Å². The molecule has 0 bridgehead atoms. The molecule has 134 valence electrons. The van der Waals surface area contributed by atoms with Crippen molar-refractivity contribution in [2.45, 2.75) is 29.9 Å². The standard InChI is InChI=1S/C20H23N5S/c1-14-11-17(26-16-7-9-21-10-8-16)12-19(22-14)23-20-13-18(24-25-20)15-5-3-2-4-6-15/h2-6,11-13,16,21H,7-10H2,1H3,(H2,22,23,24,25). The summed E-state index contributed by atoms with van der Waals surface area (Å²) in [4.78, 5) is 5.88. The summed E-state index contributed by atoms with van der Waals surface area (Å²) in [5.41, 5.74) is 3.13. The molecular formula is C20H23N5S. The van der Waals surface area contributed by atoms with Crippen molar-refractivity contribution < 1.29 is 0 Å². The van der Waals surface area contributed by atoms with Crippen molar-refractivity contribution in [3.05, 3.63) is 54.2 Å². The summed E-state index contributed by atoms with van der Waals surface area (Å²) < 4.78 is 0. The topological polar surface area (TPSA) is 65.6 Å². The van der Waals surface area contributed by atoms with E-state index < -0.39 is 0 Å². The van der Waals surface area contributed by atoms with Crippen LogP contribution in [0.3, 0.4) is 0 Å². The van der Waals surface area contributed by atoms with Gasteiger partial charge in [-0.1, -0.05) is 30.3 Å². The smallest absolute Gasteiger partial charge is 0.153 e. The SMILES string of the molecule is Cc1cc(SC2CCNCC2)cc(Nc2cc(-c3ccccc3)[nH]n2)n1. The maximum absolute atomic E-state index is 4.61. The van der Waals surface area contributed by atoms with Crippen molar-refractivity contribution in [1.29, 1.82) is 0 Å². The fourth-order valence-corrected chi connectivity index (χ4v) is 4.43. The molecule has 2 aromatic heterocycles. The van der Waals surface area contributed by atoms with E-state index in [9.17, 15) is 0 Å². The third-order valence-electron chi connectivity index (χ3n) is 4.43. The maximum atomic E-state index is 4.61. The zero-order chi connectivity index (χ0) is 17.8. The first-order valence-electron chi connectivity index (χ1n) is 9.00. The lowest BCUT2D eigenvalue weighted by Gasteiger charge is -2.22. The summed E-state index contributed by atoms with van der Waals surface area (Å²) in [6.07, 6.45) is 2.43. The lowest BCUT2D eigenvalue weighted by Crippen LogP contribution is -2.29. The average molecular weight is 366 g/mol. The Morgan fingerprint density at radius 3 is 2.65 bits per heavy atom. The number of aryl methyl sites for hydroxylation is 1. The normalized spacial score (nSPS) is 15.1. The Labute approximate surface area is 158 Å². The zero-order valence-corrected chi connectivity index (χ0v) is 15.6. The summed E-state index contributed by atoms with van der Waals surface area (Å²) in [5.74, 6) is 1.62. The van der Waals surface area contributed by atoms with Gasteiger partial charge in [0, 0.05) is 21.9 Å². The third kappa shape index (κ3) is 4.26. The van der Waals surface area contributed by atoms with Crippen molar-refractivity contribution in [1.82, 2.24) is 20.5 Å². The minimum Gasteiger partial charge on any atom is -0.323 e. The Balaban J connectivity index is 1.48. The molecule has 0 unspecified atom stereocenters. The molecule has 1 aliphatic heterocycles. The number of H-pyrrole nitrogens is 1. The van der Waals surface area contributed by atoms with Gasteiger partial charge in [0.1, 0.15) is 5.82 Å². The number of benzene rings is 1. The molecule has 0 spiro atoms. The molecule has 0 atom stereocenters. The van der Waals surface area contributed by atoms with Gasteiger partial charge in [0.25, 0.3) is 0 Å². The molecule has 1 fully saturated rings. The molecule has 3 heterocycles. The molecule has 6 heteroatoms. The number of aromatic nitrogens is 3. The number of aromatic amines is 1. The lowest BCUT2D eigenvalue weighted by atomic mass is 10.2. The summed E-state index contributed by atoms with van der Waals surface area (Å²) in [6, 6.07) is 16.5. The molecule has 3 aromatic rings. The highest BCUT2D eigenvalue weighted by atomic mass is 32.2. The van der Waals surface area contributed by atoms with Crippen molar-refractivity contribution in [3.63, 3.8) is 0 Å².